The van der Waals surface area contributed by atoms with Crippen LogP contribution in [-0.4, -0.2) is 50.8 Å². The molecule has 4 rings (SSSR count). The van der Waals surface area contributed by atoms with E-state index in [1.165, 1.54) is 10.9 Å². The lowest BCUT2D eigenvalue weighted by Crippen LogP contribution is -2.38. The summed E-state index contributed by atoms with van der Waals surface area (Å²) in [5.74, 6) is 0.506. The van der Waals surface area contributed by atoms with E-state index in [9.17, 15) is 4.39 Å². The standard InChI is InChI=1S/C23H28FN5O.HI/c1-25-23(26-9-8-18-16-27-21-5-3-2-4-19(18)21)28-15-17-6-7-22(20(24)14-17)29-10-12-30-13-11-29;/h2-7,14,16,27H,8-13,15H2,1H3,(H2,25,26,28);1H. The van der Waals surface area contributed by atoms with E-state index >= 15 is 0 Å². The van der Waals surface area contributed by atoms with Crippen molar-refractivity contribution in [1.29, 1.82) is 0 Å². The molecule has 166 valence electrons. The van der Waals surface area contributed by atoms with E-state index < -0.39 is 0 Å². The van der Waals surface area contributed by atoms with Crippen LogP contribution in [-0.2, 0) is 17.7 Å². The summed E-state index contributed by atoms with van der Waals surface area (Å²) in [7, 11) is 1.74. The maximum Gasteiger partial charge on any atom is 0.191 e. The first kappa shape index (κ1) is 23.3. The van der Waals surface area contributed by atoms with Gasteiger partial charge in [0.15, 0.2) is 5.96 Å². The number of fused-ring (bicyclic) bond motifs is 1. The molecule has 1 aliphatic rings. The number of anilines is 1. The average molecular weight is 537 g/mol. The summed E-state index contributed by atoms with van der Waals surface area (Å²) >= 11 is 0. The Kier molecular flexibility index (Phi) is 8.53. The Balaban J connectivity index is 0.00000272. The number of hydrogen-bond acceptors (Lipinski definition) is 3. The molecule has 0 unspecified atom stereocenters. The monoisotopic (exact) mass is 537 g/mol. The van der Waals surface area contributed by atoms with Crippen molar-refractivity contribution in [2.75, 3.05) is 44.8 Å². The highest BCUT2D eigenvalue weighted by atomic mass is 127. The van der Waals surface area contributed by atoms with Crippen LogP contribution in [0, 0.1) is 5.82 Å². The minimum absolute atomic E-state index is 0. The molecule has 1 saturated heterocycles. The summed E-state index contributed by atoms with van der Waals surface area (Å²) in [5.41, 5.74) is 3.94. The summed E-state index contributed by atoms with van der Waals surface area (Å²) in [5, 5.41) is 7.84. The van der Waals surface area contributed by atoms with Gasteiger partial charge in [-0.25, -0.2) is 4.39 Å². The molecule has 0 atom stereocenters. The first-order valence-electron chi connectivity index (χ1n) is 10.4. The summed E-state index contributed by atoms with van der Waals surface area (Å²) in [6.07, 6.45) is 2.94. The maximum absolute atomic E-state index is 14.6. The first-order chi connectivity index (χ1) is 14.7. The molecule has 31 heavy (non-hydrogen) atoms. The lowest BCUT2D eigenvalue weighted by atomic mass is 10.1. The van der Waals surface area contributed by atoms with Gasteiger partial charge in [0, 0.05) is 50.3 Å². The second-order valence-electron chi connectivity index (χ2n) is 7.35. The van der Waals surface area contributed by atoms with Crippen molar-refractivity contribution in [1.82, 2.24) is 15.6 Å². The van der Waals surface area contributed by atoms with Crippen LogP contribution in [0.2, 0.25) is 0 Å². The second-order valence-corrected chi connectivity index (χ2v) is 7.35. The Morgan fingerprint density at radius 1 is 1.16 bits per heavy atom. The number of aromatic nitrogens is 1. The van der Waals surface area contributed by atoms with Crippen molar-refractivity contribution in [3.63, 3.8) is 0 Å². The van der Waals surface area contributed by atoms with E-state index in [4.69, 9.17) is 4.74 Å². The number of aromatic amines is 1. The molecule has 6 nitrogen and oxygen atoms in total. The predicted molar refractivity (Wildman–Crippen MR) is 135 cm³/mol. The predicted octanol–water partition coefficient (Wildman–Crippen LogP) is 3.67. The fourth-order valence-electron chi connectivity index (χ4n) is 3.78. The normalized spacial score (nSPS) is 14.4. The van der Waals surface area contributed by atoms with Gasteiger partial charge in [-0.3, -0.25) is 4.99 Å². The number of guanidine groups is 1. The Labute approximate surface area is 199 Å². The van der Waals surface area contributed by atoms with E-state index in [1.807, 2.05) is 23.1 Å². The number of halogens is 2. The summed E-state index contributed by atoms with van der Waals surface area (Å²) < 4.78 is 19.9. The number of nitrogens with zero attached hydrogens (tertiary/aromatic N) is 2. The fraction of sp³-hybridized carbons (Fsp3) is 0.348. The molecule has 0 spiro atoms. The van der Waals surface area contributed by atoms with E-state index in [-0.39, 0.29) is 29.8 Å². The molecule has 0 aliphatic carbocycles. The van der Waals surface area contributed by atoms with Crippen molar-refractivity contribution in [3.8, 4) is 0 Å². The highest BCUT2D eigenvalue weighted by molar-refractivity contribution is 14.0. The second kappa shape index (κ2) is 11.3. The number of rotatable bonds is 6. The number of para-hydroxylation sites is 1. The number of ether oxygens (including phenoxy) is 1. The molecule has 0 radical (unpaired) electrons. The smallest absolute Gasteiger partial charge is 0.191 e. The fourth-order valence-corrected chi connectivity index (χ4v) is 3.78. The summed E-state index contributed by atoms with van der Waals surface area (Å²) in [6, 6.07) is 13.7. The van der Waals surface area contributed by atoms with Crippen LogP contribution < -0.4 is 15.5 Å². The number of aliphatic imine (C=N–C) groups is 1. The third-order valence-electron chi connectivity index (χ3n) is 5.41. The van der Waals surface area contributed by atoms with Gasteiger partial charge in [0.05, 0.1) is 18.9 Å². The Morgan fingerprint density at radius 3 is 2.74 bits per heavy atom. The highest BCUT2D eigenvalue weighted by Crippen LogP contribution is 2.21. The quantitative estimate of drug-likeness (QED) is 0.255. The molecule has 1 aliphatic heterocycles. The van der Waals surface area contributed by atoms with E-state index in [0.717, 1.165) is 37.1 Å². The number of H-pyrrole nitrogens is 1. The Hall–Kier alpha value is -2.33. The topological polar surface area (TPSA) is 64.7 Å². The molecule has 0 bridgehead atoms. The molecule has 0 amide bonds. The number of hydrogen-bond donors (Lipinski definition) is 3. The van der Waals surface area contributed by atoms with Crippen LogP contribution in [0.5, 0.6) is 0 Å². The minimum atomic E-state index is -0.196. The molecule has 8 heteroatoms. The van der Waals surface area contributed by atoms with Gasteiger partial charge >= 0.3 is 0 Å². The lowest BCUT2D eigenvalue weighted by Gasteiger charge is -2.29. The highest BCUT2D eigenvalue weighted by Gasteiger charge is 2.15. The van der Waals surface area contributed by atoms with Crippen molar-refractivity contribution in [2.24, 2.45) is 4.99 Å². The van der Waals surface area contributed by atoms with Gasteiger partial charge in [0.1, 0.15) is 5.82 Å². The van der Waals surface area contributed by atoms with Gasteiger partial charge in [-0.05, 0) is 35.7 Å². The van der Waals surface area contributed by atoms with Crippen LogP contribution in [0.15, 0.2) is 53.7 Å². The average Bonchev–Trinajstić information content (AvgIpc) is 3.20. The van der Waals surface area contributed by atoms with Gasteiger partial charge in [-0.1, -0.05) is 24.3 Å². The van der Waals surface area contributed by atoms with Gasteiger partial charge < -0.3 is 25.3 Å². The van der Waals surface area contributed by atoms with Crippen molar-refractivity contribution >= 4 is 46.5 Å². The minimum Gasteiger partial charge on any atom is -0.378 e. The molecule has 0 saturated carbocycles. The van der Waals surface area contributed by atoms with Crippen LogP contribution in [0.3, 0.4) is 0 Å². The van der Waals surface area contributed by atoms with Crippen LogP contribution in [0.25, 0.3) is 10.9 Å². The SMILES string of the molecule is CN=C(NCCc1c[nH]c2ccccc12)NCc1ccc(N2CCOCC2)c(F)c1.I. The van der Waals surface area contributed by atoms with Crippen LogP contribution in [0.4, 0.5) is 10.1 Å². The molecule has 1 fully saturated rings. The van der Waals surface area contributed by atoms with Gasteiger partial charge in [-0.15, -0.1) is 24.0 Å². The first-order valence-corrected chi connectivity index (χ1v) is 10.4. The molecule has 2 aromatic carbocycles. The van der Waals surface area contributed by atoms with Crippen LogP contribution >= 0.6 is 24.0 Å². The van der Waals surface area contributed by atoms with E-state index in [2.05, 4.69) is 45.0 Å². The zero-order valence-corrected chi connectivity index (χ0v) is 20.0. The van der Waals surface area contributed by atoms with Gasteiger partial charge in [0.2, 0.25) is 0 Å². The third kappa shape index (κ3) is 5.88. The third-order valence-corrected chi connectivity index (χ3v) is 5.41. The van der Waals surface area contributed by atoms with Crippen molar-refractivity contribution in [2.45, 2.75) is 13.0 Å². The summed E-state index contributed by atoms with van der Waals surface area (Å²) in [4.78, 5) is 9.60. The van der Waals surface area contributed by atoms with E-state index in [1.54, 1.807) is 13.1 Å². The molecule has 2 heterocycles. The molecule has 3 aromatic rings. The molecule has 3 N–H and O–H groups in total. The Morgan fingerprint density at radius 2 is 1.97 bits per heavy atom. The molecular weight excluding hydrogens is 508 g/mol. The number of morpholine rings is 1. The van der Waals surface area contributed by atoms with Crippen LogP contribution in [0.1, 0.15) is 11.1 Å². The lowest BCUT2D eigenvalue weighted by molar-refractivity contribution is 0.122. The van der Waals surface area contributed by atoms with Gasteiger partial charge in [0.25, 0.3) is 0 Å². The number of benzene rings is 2. The number of nitrogens with one attached hydrogen (secondary N) is 3. The van der Waals surface area contributed by atoms with Crippen molar-refractivity contribution < 1.29 is 9.13 Å². The molecule has 1 aromatic heterocycles. The van der Waals surface area contributed by atoms with E-state index in [0.29, 0.717) is 31.4 Å². The maximum atomic E-state index is 14.6. The zero-order chi connectivity index (χ0) is 20.8. The zero-order valence-electron chi connectivity index (χ0n) is 17.7. The van der Waals surface area contributed by atoms with Crippen molar-refractivity contribution in [3.05, 3.63) is 65.6 Å². The van der Waals surface area contributed by atoms with Gasteiger partial charge in [-0.2, -0.15) is 0 Å². The Bertz CT molecular complexity index is 1020. The molecular formula is C23H29FIN5O. The summed E-state index contributed by atoms with van der Waals surface area (Å²) in [6.45, 7) is 3.99. The largest absolute Gasteiger partial charge is 0.378 e.